The number of rotatable bonds is 7. The molecule has 1 rings (SSSR count). The minimum atomic E-state index is 0.240. The van der Waals surface area contributed by atoms with Crippen LogP contribution in [0.5, 0.6) is 0 Å². The summed E-state index contributed by atoms with van der Waals surface area (Å²) in [5.41, 5.74) is 0. The molecule has 1 saturated heterocycles. The molecule has 6 heteroatoms. The minimum Gasteiger partial charge on any atom is -0.385 e. The fourth-order valence-electron chi connectivity index (χ4n) is 2.54. The SMILES string of the molecule is CN=C(NCCCOC)NCCC(=O)N1CCCCC1C. The van der Waals surface area contributed by atoms with Crippen LogP contribution in [0.3, 0.4) is 0 Å². The number of ether oxygens (including phenoxy) is 1. The summed E-state index contributed by atoms with van der Waals surface area (Å²) in [5, 5.41) is 6.38. The van der Waals surface area contributed by atoms with Gasteiger partial charge in [0.1, 0.15) is 0 Å². The van der Waals surface area contributed by atoms with Crippen LogP contribution in [0.15, 0.2) is 4.99 Å². The number of likely N-dealkylation sites (tertiary alicyclic amines) is 1. The lowest BCUT2D eigenvalue weighted by Gasteiger charge is -2.33. The van der Waals surface area contributed by atoms with Gasteiger partial charge in [0.2, 0.25) is 5.91 Å². The average Bonchev–Trinajstić information content (AvgIpc) is 2.50. The number of nitrogens with zero attached hydrogens (tertiary/aromatic N) is 2. The smallest absolute Gasteiger partial charge is 0.224 e. The Morgan fingerprint density at radius 2 is 2.10 bits per heavy atom. The van der Waals surface area contributed by atoms with Crippen molar-refractivity contribution in [3.63, 3.8) is 0 Å². The maximum absolute atomic E-state index is 12.2. The zero-order valence-electron chi connectivity index (χ0n) is 13.7. The Labute approximate surface area is 128 Å². The Kier molecular flexibility index (Phi) is 8.82. The Morgan fingerprint density at radius 1 is 1.33 bits per heavy atom. The third-order valence-electron chi connectivity index (χ3n) is 3.80. The Hall–Kier alpha value is -1.30. The predicted molar refractivity (Wildman–Crippen MR) is 85.5 cm³/mol. The Bertz CT molecular complexity index is 334. The lowest BCUT2D eigenvalue weighted by molar-refractivity contribution is -0.134. The number of guanidine groups is 1. The fourth-order valence-corrected chi connectivity index (χ4v) is 2.54. The van der Waals surface area contributed by atoms with Crippen LogP contribution < -0.4 is 10.6 Å². The van der Waals surface area contributed by atoms with Gasteiger partial charge >= 0.3 is 0 Å². The molecule has 21 heavy (non-hydrogen) atoms. The van der Waals surface area contributed by atoms with Crippen molar-refractivity contribution in [2.24, 2.45) is 4.99 Å². The first kappa shape index (κ1) is 17.8. The van der Waals surface area contributed by atoms with Gasteiger partial charge < -0.3 is 20.3 Å². The van der Waals surface area contributed by atoms with Gasteiger partial charge in [0.05, 0.1) is 0 Å². The topological polar surface area (TPSA) is 66.0 Å². The first-order valence-corrected chi connectivity index (χ1v) is 7.92. The number of amides is 1. The second-order valence-corrected chi connectivity index (χ2v) is 5.45. The Balaban J connectivity index is 2.19. The van der Waals surface area contributed by atoms with Crippen LogP contribution in [0.2, 0.25) is 0 Å². The highest BCUT2D eigenvalue weighted by atomic mass is 16.5. The maximum Gasteiger partial charge on any atom is 0.224 e. The number of hydrogen-bond acceptors (Lipinski definition) is 3. The molecule has 2 N–H and O–H groups in total. The molecule has 0 aromatic rings. The molecular formula is C15H30N4O2. The van der Waals surface area contributed by atoms with E-state index in [9.17, 15) is 4.79 Å². The summed E-state index contributed by atoms with van der Waals surface area (Å²) < 4.78 is 5.00. The number of hydrogen-bond donors (Lipinski definition) is 2. The molecule has 1 amide bonds. The van der Waals surface area contributed by atoms with Crippen LogP contribution in [0, 0.1) is 0 Å². The average molecular weight is 298 g/mol. The lowest BCUT2D eigenvalue weighted by atomic mass is 10.0. The van der Waals surface area contributed by atoms with Gasteiger partial charge in [0, 0.05) is 52.9 Å². The summed E-state index contributed by atoms with van der Waals surface area (Å²) in [7, 11) is 3.43. The molecule has 1 aliphatic rings. The first-order valence-electron chi connectivity index (χ1n) is 7.92. The molecule has 0 aromatic carbocycles. The molecule has 1 atom stereocenters. The summed E-state index contributed by atoms with van der Waals surface area (Å²) in [6.45, 7) is 5.21. The van der Waals surface area contributed by atoms with Crippen molar-refractivity contribution < 1.29 is 9.53 Å². The van der Waals surface area contributed by atoms with E-state index in [0.717, 1.165) is 44.9 Å². The largest absolute Gasteiger partial charge is 0.385 e. The van der Waals surface area contributed by atoms with Gasteiger partial charge in [-0.2, -0.15) is 0 Å². The zero-order valence-corrected chi connectivity index (χ0v) is 13.7. The third kappa shape index (κ3) is 6.80. The van der Waals surface area contributed by atoms with Gasteiger partial charge in [0.15, 0.2) is 5.96 Å². The van der Waals surface area contributed by atoms with Gasteiger partial charge in [-0.05, 0) is 32.6 Å². The van der Waals surface area contributed by atoms with E-state index in [1.54, 1.807) is 14.2 Å². The van der Waals surface area contributed by atoms with Gasteiger partial charge in [-0.3, -0.25) is 9.79 Å². The monoisotopic (exact) mass is 298 g/mol. The second kappa shape index (κ2) is 10.4. The van der Waals surface area contributed by atoms with Crippen LogP contribution in [0.25, 0.3) is 0 Å². The number of nitrogens with one attached hydrogen (secondary N) is 2. The predicted octanol–water partition coefficient (Wildman–Crippen LogP) is 0.979. The van der Waals surface area contributed by atoms with E-state index in [4.69, 9.17) is 4.74 Å². The van der Waals surface area contributed by atoms with Gasteiger partial charge in [0.25, 0.3) is 0 Å². The quantitative estimate of drug-likeness (QED) is 0.418. The molecule has 0 bridgehead atoms. The second-order valence-electron chi connectivity index (χ2n) is 5.45. The van der Waals surface area contributed by atoms with Crippen molar-refractivity contribution in [2.75, 3.05) is 40.4 Å². The van der Waals surface area contributed by atoms with Crippen molar-refractivity contribution in [3.8, 4) is 0 Å². The molecule has 0 saturated carbocycles. The summed E-state index contributed by atoms with van der Waals surface area (Å²) in [4.78, 5) is 18.3. The van der Waals surface area contributed by atoms with Crippen molar-refractivity contribution in [1.29, 1.82) is 0 Å². The van der Waals surface area contributed by atoms with E-state index in [1.807, 2.05) is 4.90 Å². The standard InChI is InChI=1S/C15H30N4O2/c1-13-7-4-5-11-19(13)14(20)8-10-18-15(16-2)17-9-6-12-21-3/h13H,4-12H2,1-3H3,(H2,16,17,18). The number of methoxy groups -OCH3 is 1. The summed E-state index contributed by atoms with van der Waals surface area (Å²) in [6.07, 6.45) is 4.94. The van der Waals surface area contributed by atoms with Crippen LogP contribution in [-0.2, 0) is 9.53 Å². The minimum absolute atomic E-state index is 0.240. The van der Waals surface area contributed by atoms with E-state index in [0.29, 0.717) is 19.0 Å². The van der Waals surface area contributed by atoms with Gasteiger partial charge in [-0.25, -0.2) is 0 Å². The number of aliphatic imine (C=N–C) groups is 1. The van der Waals surface area contributed by atoms with Crippen LogP contribution in [-0.4, -0.2) is 63.2 Å². The molecule has 1 aliphatic heterocycles. The number of carbonyl (C=O) groups is 1. The molecule has 0 aromatic heterocycles. The molecular weight excluding hydrogens is 268 g/mol. The van der Waals surface area contributed by atoms with Crippen molar-refractivity contribution in [2.45, 2.75) is 45.1 Å². The molecule has 0 radical (unpaired) electrons. The molecule has 0 aliphatic carbocycles. The third-order valence-corrected chi connectivity index (χ3v) is 3.80. The van der Waals surface area contributed by atoms with E-state index < -0.39 is 0 Å². The van der Waals surface area contributed by atoms with Crippen LogP contribution >= 0.6 is 0 Å². The van der Waals surface area contributed by atoms with E-state index >= 15 is 0 Å². The van der Waals surface area contributed by atoms with Gasteiger partial charge in [-0.15, -0.1) is 0 Å². The van der Waals surface area contributed by atoms with E-state index in [-0.39, 0.29) is 5.91 Å². The Morgan fingerprint density at radius 3 is 2.76 bits per heavy atom. The fraction of sp³-hybridized carbons (Fsp3) is 0.867. The molecule has 1 unspecified atom stereocenters. The lowest BCUT2D eigenvalue weighted by Crippen LogP contribution is -2.44. The van der Waals surface area contributed by atoms with E-state index in [1.165, 1.54) is 6.42 Å². The molecule has 0 spiro atoms. The highest BCUT2D eigenvalue weighted by Gasteiger charge is 2.22. The highest BCUT2D eigenvalue weighted by molar-refractivity contribution is 5.81. The van der Waals surface area contributed by atoms with Gasteiger partial charge in [-0.1, -0.05) is 0 Å². The zero-order chi connectivity index (χ0) is 15.5. The molecule has 122 valence electrons. The maximum atomic E-state index is 12.2. The number of carbonyl (C=O) groups excluding carboxylic acids is 1. The highest BCUT2D eigenvalue weighted by Crippen LogP contribution is 2.16. The van der Waals surface area contributed by atoms with Crippen molar-refractivity contribution >= 4 is 11.9 Å². The van der Waals surface area contributed by atoms with Crippen LogP contribution in [0.1, 0.15) is 39.0 Å². The first-order chi connectivity index (χ1) is 10.2. The van der Waals surface area contributed by atoms with Crippen LogP contribution in [0.4, 0.5) is 0 Å². The summed E-state index contributed by atoms with van der Waals surface area (Å²) >= 11 is 0. The number of piperidine rings is 1. The molecule has 1 fully saturated rings. The summed E-state index contributed by atoms with van der Waals surface area (Å²) in [6, 6.07) is 0.387. The molecule has 6 nitrogen and oxygen atoms in total. The summed E-state index contributed by atoms with van der Waals surface area (Å²) in [5.74, 6) is 0.982. The normalized spacial score (nSPS) is 19.5. The van der Waals surface area contributed by atoms with E-state index in [2.05, 4.69) is 22.5 Å². The van der Waals surface area contributed by atoms with Crippen molar-refractivity contribution in [1.82, 2.24) is 15.5 Å². The molecule has 1 heterocycles. The van der Waals surface area contributed by atoms with Crippen molar-refractivity contribution in [3.05, 3.63) is 0 Å².